The lowest BCUT2D eigenvalue weighted by Crippen LogP contribution is -2.20. The van der Waals surface area contributed by atoms with Crippen LogP contribution < -0.4 is 5.73 Å². The van der Waals surface area contributed by atoms with E-state index in [1.807, 2.05) is 0 Å². The topological polar surface area (TPSA) is 26.0 Å². The molecule has 2 rings (SSSR count). The van der Waals surface area contributed by atoms with E-state index in [1.165, 1.54) is 22.3 Å². The highest BCUT2D eigenvalue weighted by Gasteiger charge is 2.13. The number of hydrogen-bond acceptors (Lipinski definition) is 1. The third kappa shape index (κ3) is 1.60. The quantitative estimate of drug-likeness (QED) is 0.718. The molecule has 0 heterocycles. The molecule has 0 aliphatic heterocycles. The van der Waals surface area contributed by atoms with Crippen LogP contribution in [0, 0.1) is 6.92 Å². The first kappa shape index (κ1) is 9.47. The second-order valence-electron chi connectivity index (χ2n) is 4.16. The van der Waals surface area contributed by atoms with Gasteiger partial charge in [0.25, 0.3) is 0 Å². The molecule has 74 valence electrons. The van der Waals surface area contributed by atoms with Crippen LogP contribution in [0.5, 0.6) is 0 Å². The molecule has 14 heavy (non-hydrogen) atoms. The fraction of sp³-hybridized carbons (Fsp3) is 0.385. The lowest BCUT2D eigenvalue weighted by molar-refractivity contribution is 0.776. The molecule has 1 aliphatic rings. The van der Waals surface area contributed by atoms with Crippen molar-refractivity contribution in [2.45, 2.75) is 32.7 Å². The van der Waals surface area contributed by atoms with E-state index in [9.17, 15) is 0 Å². The summed E-state index contributed by atoms with van der Waals surface area (Å²) in [7, 11) is 0. The van der Waals surface area contributed by atoms with Gasteiger partial charge in [-0.2, -0.15) is 0 Å². The van der Waals surface area contributed by atoms with E-state index in [0.717, 1.165) is 12.8 Å². The van der Waals surface area contributed by atoms with Crippen molar-refractivity contribution in [1.29, 1.82) is 0 Å². The van der Waals surface area contributed by atoms with E-state index < -0.39 is 0 Å². The molecule has 0 saturated heterocycles. The van der Waals surface area contributed by atoms with Gasteiger partial charge in [0.1, 0.15) is 0 Å². The van der Waals surface area contributed by atoms with Crippen LogP contribution >= 0.6 is 0 Å². The van der Waals surface area contributed by atoms with Gasteiger partial charge in [0.2, 0.25) is 0 Å². The van der Waals surface area contributed by atoms with Crippen molar-refractivity contribution in [3.05, 3.63) is 40.5 Å². The molecule has 2 N–H and O–H groups in total. The Morgan fingerprint density at radius 3 is 2.79 bits per heavy atom. The fourth-order valence-electron chi connectivity index (χ4n) is 2.06. The molecule has 1 aromatic rings. The molecule has 0 aromatic heterocycles. The zero-order valence-corrected chi connectivity index (χ0v) is 8.88. The van der Waals surface area contributed by atoms with Gasteiger partial charge in [0.15, 0.2) is 0 Å². The Balaban J connectivity index is 2.47. The van der Waals surface area contributed by atoms with Gasteiger partial charge < -0.3 is 5.73 Å². The summed E-state index contributed by atoms with van der Waals surface area (Å²) < 4.78 is 0. The molecule has 1 nitrogen and oxygen atoms in total. The Bertz CT molecular complexity index is 375. The maximum absolute atomic E-state index is 5.91. The van der Waals surface area contributed by atoms with Crippen molar-refractivity contribution in [3.8, 4) is 0 Å². The Morgan fingerprint density at radius 2 is 2.07 bits per heavy atom. The molecule has 0 amide bonds. The van der Waals surface area contributed by atoms with Crippen LogP contribution in [-0.4, -0.2) is 6.04 Å². The molecular weight excluding hydrogens is 170 g/mol. The van der Waals surface area contributed by atoms with Crippen molar-refractivity contribution in [2.75, 3.05) is 0 Å². The smallest absolute Gasteiger partial charge is 0.0228 e. The highest BCUT2D eigenvalue weighted by atomic mass is 14.6. The lowest BCUT2D eigenvalue weighted by Gasteiger charge is -2.20. The maximum atomic E-state index is 5.91. The number of nitrogens with two attached hydrogens (primary N) is 1. The SMILES string of the molecule is Cc1cccc2c1C=C(C(C)N)CC2. The van der Waals surface area contributed by atoms with Crippen molar-refractivity contribution in [2.24, 2.45) is 5.73 Å². The number of aryl methyl sites for hydroxylation is 2. The first-order valence-corrected chi connectivity index (χ1v) is 5.23. The Labute approximate surface area is 85.6 Å². The first-order chi connectivity index (χ1) is 6.68. The largest absolute Gasteiger partial charge is 0.324 e. The number of hydrogen-bond donors (Lipinski definition) is 1. The first-order valence-electron chi connectivity index (χ1n) is 5.23. The van der Waals surface area contributed by atoms with Crippen molar-refractivity contribution < 1.29 is 0 Å². The normalized spacial score (nSPS) is 17.2. The predicted molar refractivity (Wildman–Crippen MR) is 61.1 cm³/mol. The molecular formula is C13H17N. The second kappa shape index (κ2) is 3.58. The molecule has 0 bridgehead atoms. The maximum Gasteiger partial charge on any atom is 0.0228 e. The van der Waals surface area contributed by atoms with Gasteiger partial charge in [-0.15, -0.1) is 0 Å². The van der Waals surface area contributed by atoms with Crippen LogP contribution in [0.15, 0.2) is 23.8 Å². The number of rotatable bonds is 1. The summed E-state index contributed by atoms with van der Waals surface area (Å²) in [4.78, 5) is 0. The molecule has 0 radical (unpaired) electrons. The third-order valence-corrected chi connectivity index (χ3v) is 3.01. The van der Waals surface area contributed by atoms with Crippen molar-refractivity contribution >= 4 is 6.08 Å². The van der Waals surface area contributed by atoms with Gasteiger partial charge in [0, 0.05) is 6.04 Å². The Kier molecular flexibility index (Phi) is 2.42. The van der Waals surface area contributed by atoms with Crippen LogP contribution in [0.1, 0.15) is 30.0 Å². The Hall–Kier alpha value is -1.08. The third-order valence-electron chi connectivity index (χ3n) is 3.01. The number of benzene rings is 1. The summed E-state index contributed by atoms with van der Waals surface area (Å²) >= 11 is 0. The molecule has 1 heteroatoms. The molecule has 1 aromatic carbocycles. The zero-order chi connectivity index (χ0) is 10.1. The minimum atomic E-state index is 0.197. The highest BCUT2D eigenvalue weighted by molar-refractivity contribution is 5.63. The van der Waals surface area contributed by atoms with Crippen LogP contribution in [0.2, 0.25) is 0 Å². The molecule has 1 atom stereocenters. The molecule has 0 fully saturated rings. The van der Waals surface area contributed by atoms with Crippen LogP contribution in [-0.2, 0) is 6.42 Å². The fourth-order valence-corrected chi connectivity index (χ4v) is 2.06. The van der Waals surface area contributed by atoms with Gasteiger partial charge in [-0.3, -0.25) is 0 Å². The van der Waals surface area contributed by atoms with Crippen LogP contribution in [0.3, 0.4) is 0 Å². The summed E-state index contributed by atoms with van der Waals surface area (Å²) in [5, 5.41) is 0. The summed E-state index contributed by atoms with van der Waals surface area (Å²) in [6, 6.07) is 6.72. The zero-order valence-electron chi connectivity index (χ0n) is 8.88. The van der Waals surface area contributed by atoms with Gasteiger partial charge in [-0.25, -0.2) is 0 Å². The van der Waals surface area contributed by atoms with E-state index in [-0.39, 0.29) is 6.04 Å². The summed E-state index contributed by atoms with van der Waals surface area (Å²) in [5.41, 5.74) is 11.5. The van der Waals surface area contributed by atoms with E-state index in [1.54, 1.807) is 0 Å². The van der Waals surface area contributed by atoms with Crippen molar-refractivity contribution in [1.82, 2.24) is 0 Å². The van der Waals surface area contributed by atoms with Crippen molar-refractivity contribution in [3.63, 3.8) is 0 Å². The summed E-state index contributed by atoms with van der Waals surface area (Å²) in [6.45, 7) is 4.23. The minimum Gasteiger partial charge on any atom is -0.324 e. The standard InChI is InChI=1S/C13H17N/c1-9-4-3-5-11-6-7-12(10(2)14)8-13(9)11/h3-5,8,10H,6-7,14H2,1-2H3. The van der Waals surface area contributed by atoms with Crippen LogP contribution in [0.25, 0.3) is 6.08 Å². The van der Waals surface area contributed by atoms with E-state index in [2.05, 4.69) is 38.1 Å². The summed E-state index contributed by atoms with van der Waals surface area (Å²) in [5.74, 6) is 0. The minimum absolute atomic E-state index is 0.197. The van der Waals surface area contributed by atoms with Crippen LogP contribution in [0.4, 0.5) is 0 Å². The predicted octanol–water partition coefficient (Wildman–Crippen LogP) is 2.67. The molecule has 0 saturated carbocycles. The highest BCUT2D eigenvalue weighted by Crippen LogP contribution is 2.27. The molecule has 0 spiro atoms. The van der Waals surface area contributed by atoms with E-state index >= 15 is 0 Å². The average Bonchev–Trinajstić information content (AvgIpc) is 2.18. The Morgan fingerprint density at radius 1 is 1.29 bits per heavy atom. The molecule has 1 unspecified atom stereocenters. The van der Waals surface area contributed by atoms with E-state index in [0.29, 0.717) is 0 Å². The van der Waals surface area contributed by atoms with E-state index in [4.69, 9.17) is 5.73 Å². The van der Waals surface area contributed by atoms with Gasteiger partial charge >= 0.3 is 0 Å². The molecule has 1 aliphatic carbocycles. The average molecular weight is 187 g/mol. The second-order valence-corrected chi connectivity index (χ2v) is 4.16. The lowest BCUT2D eigenvalue weighted by atomic mass is 9.87. The monoisotopic (exact) mass is 187 g/mol. The summed E-state index contributed by atoms with van der Waals surface area (Å²) in [6.07, 6.45) is 4.54. The number of fused-ring (bicyclic) bond motifs is 1. The van der Waals surface area contributed by atoms with Gasteiger partial charge in [-0.05, 0) is 43.4 Å². The van der Waals surface area contributed by atoms with Gasteiger partial charge in [0.05, 0.1) is 0 Å². The van der Waals surface area contributed by atoms with Gasteiger partial charge in [-0.1, -0.05) is 29.8 Å².